The van der Waals surface area contributed by atoms with Crippen molar-refractivity contribution in [2.45, 2.75) is 33.2 Å². The third-order valence-electron chi connectivity index (χ3n) is 2.85. The smallest absolute Gasteiger partial charge is 0.345 e. The number of ether oxygens (including phenoxy) is 3. The Kier molecular flexibility index (Phi) is 6.72. The Bertz CT molecular complexity index is 665. The predicted octanol–water partition coefficient (Wildman–Crippen LogP) is 2.07. The molecule has 0 saturated carbocycles. The lowest BCUT2D eigenvalue weighted by molar-refractivity contribution is -0.385. The summed E-state index contributed by atoms with van der Waals surface area (Å²) in [6.07, 6.45) is 0. The Hall–Kier alpha value is -2.84. The van der Waals surface area contributed by atoms with E-state index in [1.54, 1.807) is 27.7 Å². The minimum absolute atomic E-state index is 0.138. The fourth-order valence-corrected chi connectivity index (χ4v) is 1.95. The molecule has 1 rings (SSSR count). The third kappa shape index (κ3) is 5.94. The van der Waals surface area contributed by atoms with Crippen molar-refractivity contribution >= 4 is 17.6 Å². The van der Waals surface area contributed by atoms with Gasteiger partial charge in [0, 0.05) is 11.6 Å². The maximum Gasteiger partial charge on any atom is 0.345 e. The normalized spacial score (nSPS) is 10.8. The summed E-state index contributed by atoms with van der Waals surface area (Å²) in [6.45, 7) is 6.74. The molecule has 1 aromatic carbocycles. The van der Waals surface area contributed by atoms with E-state index >= 15 is 0 Å². The Morgan fingerprint density at radius 2 is 1.88 bits per heavy atom. The molecule has 0 heterocycles. The number of hydrogen-bond acceptors (Lipinski definition) is 7. The minimum atomic E-state index is -1.00. The molecule has 0 fully saturated rings. The van der Waals surface area contributed by atoms with Crippen LogP contribution in [0.3, 0.4) is 0 Å². The zero-order chi connectivity index (χ0) is 19.2. The van der Waals surface area contributed by atoms with Crippen molar-refractivity contribution in [3.63, 3.8) is 0 Å². The van der Waals surface area contributed by atoms with Crippen LogP contribution in [0.5, 0.6) is 11.5 Å². The average molecular weight is 354 g/mol. The van der Waals surface area contributed by atoms with Gasteiger partial charge in [-0.2, -0.15) is 0 Å². The second-order valence-corrected chi connectivity index (χ2v) is 6.08. The van der Waals surface area contributed by atoms with E-state index in [1.165, 1.54) is 7.11 Å². The number of nitro benzene ring substituents is 1. The SMILES string of the molecule is CCOc1cc([N+](=O)[O-])c(C(=O)OCC(=O)NC(C)(C)C)cc1OC. The molecular weight excluding hydrogens is 332 g/mol. The van der Waals surface area contributed by atoms with Crippen LogP contribution < -0.4 is 14.8 Å². The van der Waals surface area contributed by atoms with Crippen molar-refractivity contribution in [1.29, 1.82) is 0 Å². The van der Waals surface area contributed by atoms with E-state index in [2.05, 4.69) is 5.32 Å². The Morgan fingerprint density at radius 3 is 2.36 bits per heavy atom. The van der Waals surface area contributed by atoms with Gasteiger partial charge >= 0.3 is 5.97 Å². The monoisotopic (exact) mass is 354 g/mol. The summed E-state index contributed by atoms with van der Waals surface area (Å²) in [7, 11) is 1.34. The topological polar surface area (TPSA) is 117 Å². The van der Waals surface area contributed by atoms with Crippen LogP contribution in [0.2, 0.25) is 0 Å². The lowest BCUT2D eigenvalue weighted by atomic mass is 10.1. The van der Waals surface area contributed by atoms with E-state index in [0.29, 0.717) is 0 Å². The summed E-state index contributed by atoms with van der Waals surface area (Å²) >= 11 is 0. The summed E-state index contributed by atoms with van der Waals surface area (Å²) < 4.78 is 15.2. The number of esters is 1. The number of nitrogens with zero attached hydrogens (tertiary/aromatic N) is 1. The van der Waals surface area contributed by atoms with Gasteiger partial charge in [-0.3, -0.25) is 14.9 Å². The number of rotatable bonds is 7. The summed E-state index contributed by atoms with van der Waals surface area (Å²) in [5, 5.41) is 13.8. The predicted molar refractivity (Wildman–Crippen MR) is 89.0 cm³/mol. The molecule has 0 radical (unpaired) electrons. The van der Waals surface area contributed by atoms with Gasteiger partial charge in [0.25, 0.3) is 11.6 Å². The lowest BCUT2D eigenvalue weighted by Gasteiger charge is -2.20. The number of nitrogens with one attached hydrogen (secondary N) is 1. The van der Waals surface area contributed by atoms with Gasteiger partial charge in [0.15, 0.2) is 18.1 Å². The number of benzene rings is 1. The van der Waals surface area contributed by atoms with Gasteiger partial charge in [0.2, 0.25) is 0 Å². The van der Waals surface area contributed by atoms with Gasteiger partial charge in [0.1, 0.15) is 5.56 Å². The van der Waals surface area contributed by atoms with Crippen LogP contribution in [0.15, 0.2) is 12.1 Å². The molecule has 138 valence electrons. The molecule has 1 N–H and O–H groups in total. The average Bonchev–Trinajstić information content (AvgIpc) is 2.50. The first-order chi connectivity index (χ1) is 11.6. The van der Waals surface area contributed by atoms with Crippen molar-refractivity contribution in [3.8, 4) is 11.5 Å². The lowest BCUT2D eigenvalue weighted by Crippen LogP contribution is -2.42. The Balaban J connectivity index is 3.03. The molecule has 25 heavy (non-hydrogen) atoms. The van der Waals surface area contributed by atoms with Crippen molar-refractivity contribution in [1.82, 2.24) is 5.32 Å². The largest absolute Gasteiger partial charge is 0.493 e. The van der Waals surface area contributed by atoms with Crippen LogP contribution in [0.25, 0.3) is 0 Å². The third-order valence-corrected chi connectivity index (χ3v) is 2.85. The maximum absolute atomic E-state index is 12.2. The van der Waals surface area contributed by atoms with Crippen molar-refractivity contribution in [2.24, 2.45) is 0 Å². The summed E-state index contributed by atoms with van der Waals surface area (Å²) in [4.78, 5) is 34.4. The van der Waals surface area contributed by atoms with Gasteiger partial charge < -0.3 is 19.5 Å². The van der Waals surface area contributed by atoms with Crippen LogP contribution in [0, 0.1) is 10.1 Å². The minimum Gasteiger partial charge on any atom is -0.493 e. The fraction of sp³-hybridized carbons (Fsp3) is 0.500. The zero-order valence-electron chi connectivity index (χ0n) is 14.9. The number of carbonyl (C=O) groups excluding carboxylic acids is 2. The first-order valence-corrected chi connectivity index (χ1v) is 7.56. The van der Waals surface area contributed by atoms with Crippen LogP contribution in [0.1, 0.15) is 38.1 Å². The van der Waals surface area contributed by atoms with Gasteiger partial charge in [-0.15, -0.1) is 0 Å². The fourth-order valence-electron chi connectivity index (χ4n) is 1.95. The van der Waals surface area contributed by atoms with Crippen LogP contribution in [-0.4, -0.2) is 42.7 Å². The zero-order valence-corrected chi connectivity index (χ0v) is 14.9. The maximum atomic E-state index is 12.2. The molecule has 0 atom stereocenters. The van der Waals surface area contributed by atoms with E-state index in [0.717, 1.165) is 12.1 Å². The van der Waals surface area contributed by atoms with E-state index in [4.69, 9.17) is 14.2 Å². The second-order valence-electron chi connectivity index (χ2n) is 6.08. The molecule has 9 nitrogen and oxygen atoms in total. The molecule has 0 aliphatic heterocycles. The van der Waals surface area contributed by atoms with Crippen molar-refractivity contribution in [2.75, 3.05) is 20.3 Å². The molecule has 0 unspecified atom stereocenters. The number of carbonyl (C=O) groups is 2. The first-order valence-electron chi connectivity index (χ1n) is 7.56. The molecule has 9 heteroatoms. The van der Waals surface area contributed by atoms with Gasteiger partial charge in [-0.1, -0.05) is 0 Å². The number of hydrogen-bond donors (Lipinski definition) is 1. The molecule has 0 aliphatic rings. The Morgan fingerprint density at radius 1 is 1.24 bits per heavy atom. The van der Waals surface area contributed by atoms with E-state index in [9.17, 15) is 19.7 Å². The van der Waals surface area contributed by atoms with Crippen molar-refractivity contribution < 1.29 is 28.7 Å². The molecule has 0 aliphatic carbocycles. The molecule has 1 amide bonds. The quantitative estimate of drug-likeness (QED) is 0.452. The van der Waals surface area contributed by atoms with E-state index in [-0.39, 0.29) is 23.7 Å². The Labute approximate surface area is 145 Å². The highest BCUT2D eigenvalue weighted by molar-refractivity contribution is 5.96. The highest BCUT2D eigenvalue weighted by atomic mass is 16.6. The summed E-state index contributed by atoms with van der Waals surface area (Å²) in [5.74, 6) is -1.23. The summed E-state index contributed by atoms with van der Waals surface area (Å²) in [6, 6.07) is 2.25. The number of amides is 1. The number of nitro groups is 1. The van der Waals surface area contributed by atoms with Gasteiger partial charge in [-0.05, 0) is 27.7 Å². The van der Waals surface area contributed by atoms with Crippen molar-refractivity contribution in [3.05, 3.63) is 27.8 Å². The molecule has 0 saturated heterocycles. The van der Waals surface area contributed by atoms with Crippen LogP contribution >= 0.6 is 0 Å². The molecule has 0 aromatic heterocycles. The second kappa shape index (κ2) is 8.32. The summed E-state index contributed by atoms with van der Waals surface area (Å²) in [5.41, 5.74) is -1.31. The van der Waals surface area contributed by atoms with Crippen LogP contribution in [0.4, 0.5) is 5.69 Å². The van der Waals surface area contributed by atoms with E-state index in [1.807, 2.05) is 0 Å². The van der Waals surface area contributed by atoms with E-state index < -0.39 is 34.6 Å². The highest BCUT2D eigenvalue weighted by Crippen LogP contribution is 2.35. The molecule has 0 bridgehead atoms. The molecular formula is C16H22N2O7. The van der Waals surface area contributed by atoms with Crippen LogP contribution in [-0.2, 0) is 9.53 Å². The van der Waals surface area contributed by atoms with Gasteiger partial charge in [0.05, 0.1) is 24.7 Å². The highest BCUT2D eigenvalue weighted by Gasteiger charge is 2.26. The molecule has 1 aromatic rings. The first kappa shape index (κ1) is 20.2. The number of methoxy groups -OCH3 is 1. The molecule has 0 spiro atoms. The van der Waals surface area contributed by atoms with Gasteiger partial charge in [-0.25, -0.2) is 4.79 Å². The standard InChI is InChI=1S/C16H22N2O7/c1-6-24-13-8-11(18(21)22)10(7-12(13)23-5)15(20)25-9-14(19)17-16(2,3)4/h7-8H,6,9H2,1-5H3,(H,17,19).